The van der Waals surface area contributed by atoms with Crippen molar-refractivity contribution in [3.05, 3.63) is 190 Å². The summed E-state index contributed by atoms with van der Waals surface area (Å²) in [5.74, 6) is 0. The van der Waals surface area contributed by atoms with E-state index in [1.165, 1.54) is 189 Å². The molecule has 0 radical (unpaired) electrons. The molecule has 0 unspecified atom stereocenters. The van der Waals surface area contributed by atoms with Crippen molar-refractivity contribution >= 4 is 139 Å². The van der Waals surface area contributed by atoms with Crippen molar-refractivity contribution in [1.82, 2.24) is 39.2 Å². The summed E-state index contributed by atoms with van der Waals surface area (Å²) in [5.41, 5.74) is 10.2. The predicted octanol–water partition coefficient (Wildman–Crippen LogP) is 18.3. The lowest BCUT2D eigenvalue weighted by Crippen LogP contribution is -2.45. The maximum absolute atomic E-state index is 6.29. The van der Waals surface area contributed by atoms with Crippen LogP contribution in [0.3, 0.4) is 0 Å². The molecule has 528 valence electrons. The van der Waals surface area contributed by atoms with Crippen LogP contribution in [0.2, 0.25) is 20.1 Å². The van der Waals surface area contributed by atoms with Gasteiger partial charge in [0, 0.05) is 190 Å². The fourth-order valence-electron chi connectivity index (χ4n) is 14.3. The summed E-state index contributed by atoms with van der Waals surface area (Å²) in [6.07, 6.45) is 4.65. The Bertz CT molecular complexity index is 3480. The third kappa shape index (κ3) is 19.2. The summed E-state index contributed by atoms with van der Waals surface area (Å²) in [7, 11) is 8.83. The van der Waals surface area contributed by atoms with Gasteiger partial charge in [-0.1, -0.05) is 142 Å². The van der Waals surface area contributed by atoms with Gasteiger partial charge in [-0.2, -0.15) is 0 Å². The highest BCUT2D eigenvalue weighted by Crippen LogP contribution is 2.53. The first-order valence-electron chi connectivity index (χ1n) is 35.8. The number of anilines is 8. The minimum Gasteiger partial charge on any atom is -0.340 e. The van der Waals surface area contributed by atoms with E-state index in [1.54, 1.807) is 0 Å². The summed E-state index contributed by atoms with van der Waals surface area (Å²) in [4.78, 5) is 40.3. The average molecular weight is 1500 g/mol. The van der Waals surface area contributed by atoms with Crippen LogP contribution in [0.5, 0.6) is 0 Å². The zero-order valence-electron chi connectivity index (χ0n) is 58.5. The van der Waals surface area contributed by atoms with E-state index in [0.29, 0.717) is 0 Å². The third-order valence-electron chi connectivity index (χ3n) is 20.2. The number of benzene rings is 8. The van der Waals surface area contributed by atoms with E-state index in [0.717, 1.165) is 98.1 Å². The van der Waals surface area contributed by atoms with E-state index in [9.17, 15) is 0 Å². The van der Waals surface area contributed by atoms with Gasteiger partial charge in [-0.15, -0.1) is 0 Å². The van der Waals surface area contributed by atoms with E-state index in [-0.39, 0.29) is 0 Å². The highest BCUT2D eigenvalue weighted by Gasteiger charge is 2.29. The van der Waals surface area contributed by atoms with Crippen molar-refractivity contribution in [3.8, 4) is 0 Å². The van der Waals surface area contributed by atoms with Crippen molar-refractivity contribution in [2.45, 2.75) is 64.8 Å². The molecule has 0 spiro atoms. The van der Waals surface area contributed by atoms with Gasteiger partial charge in [0.25, 0.3) is 0 Å². The number of piperazine rings is 4. The van der Waals surface area contributed by atoms with Crippen LogP contribution in [-0.2, 0) is 0 Å². The van der Waals surface area contributed by atoms with Gasteiger partial charge < -0.3 is 58.8 Å². The highest BCUT2D eigenvalue weighted by molar-refractivity contribution is 8.00. The topological polar surface area (TPSA) is 38.9 Å². The van der Waals surface area contributed by atoms with Crippen molar-refractivity contribution < 1.29 is 0 Å². The molecule has 12 nitrogen and oxygen atoms in total. The number of fused-ring (bicyclic) bond motifs is 8. The minimum atomic E-state index is 0.808. The van der Waals surface area contributed by atoms with Gasteiger partial charge in [-0.3, -0.25) is 0 Å². The maximum Gasteiger partial charge on any atom is 0.0567 e. The number of hydrogen-bond acceptors (Lipinski definition) is 16. The summed E-state index contributed by atoms with van der Waals surface area (Å²) in [5, 5.41) is 3.23. The van der Waals surface area contributed by atoms with Gasteiger partial charge in [0.2, 0.25) is 0 Å². The molecule has 0 aliphatic carbocycles. The Labute approximate surface area is 632 Å². The van der Waals surface area contributed by atoms with Gasteiger partial charge in [0.1, 0.15) is 0 Å². The minimum absolute atomic E-state index is 0.808. The fraction of sp³-hybridized carbons (Fsp3) is 0.400. The number of para-hydroxylation sites is 4. The summed E-state index contributed by atoms with van der Waals surface area (Å²) >= 11 is 32.5. The number of nitrogens with zero attached hydrogens (tertiary/aromatic N) is 12. The number of halogens is 4. The lowest BCUT2D eigenvalue weighted by molar-refractivity contribution is 0.153. The fourth-order valence-corrected chi connectivity index (χ4v) is 19.2. The lowest BCUT2D eigenvalue weighted by Gasteiger charge is -2.35. The smallest absolute Gasteiger partial charge is 0.0567 e. The molecule has 0 atom stereocenters. The van der Waals surface area contributed by atoms with Gasteiger partial charge in [-0.05, 0) is 201 Å². The molecule has 0 N–H and O–H groups in total. The van der Waals surface area contributed by atoms with Crippen molar-refractivity contribution in [3.63, 3.8) is 0 Å². The summed E-state index contributed by atoms with van der Waals surface area (Å²) in [6.45, 7) is 27.7. The maximum atomic E-state index is 6.29. The van der Waals surface area contributed by atoms with Gasteiger partial charge in [-0.25, -0.2) is 0 Å². The molecule has 16 rings (SSSR count). The van der Waals surface area contributed by atoms with Crippen LogP contribution in [-0.4, -0.2) is 224 Å². The lowest BCUT2D eigenvalue weighted by atomic mass is 10.2. The standard InChI is InChI=1S/4C20H24ClN3S/c4*1-22-11-13-23(14-12-22)9-4-10-24-17-5-2-3-6-19(17)25-20-8-7-16(21)15-18(20)24/h4*2-3,5-8,15H,4,9-14H2,1H3. The van der Waals surface area contributed by atoms with Crippen LogP contribution in [0, 0.1) is 0 Å². The summed E-state index contributed by atoms with van der Waals surface area (Å²) < 4.78 is 0. The molecule has 4 saturated heterocycles. The Morgan fingerprint density at radius 3 is 0.630 bits per heavy atom. The van der Waals surface area contributed by atoms with Crippen molar-refractivity contribution in [2.24, 2.45) is 0 Å². The second kappa shape index (κ2) is 35.8. The quantitative estimate of drug-likeness (QED) is 0.0921. The molecule has 8 aliphatic heterocycles. The van der Waals surface area contributed by atoms with Gasteiger partial charge in [0.15, 0.2) is 0 Å². The highest BCUT2D eigenvalue weighted by atomic mass is 35.5. The molecule has 8 aromatic carbocycles. The van der Waals surface area contributed by atoms with Crippen molar-refractivity contribution in [1.29, 1.82) is 0 Å². The molecule has 0 aromatic heterocycles. The number of hydrogen-bond donors (Lipinski definition) is 0. The van der Waals surface area contributed by atoms with Crippen LogP contribution in [0.15, 0.2) is 209 Å². The van der Waals surface area contributed by atoms with Crippen molar-refractivity contribution in [2.75, 3.05) is 205 Å². The largest absolute Gasteiger partial charge is 0.340 e. The Morgan fingerprint density at radius 2 is 0.420 bits per heavy atom. The monoisotopic (exact) mass is 1490 g/mol. The first-order chi connectivity index (χ1) is 48.8. The molecule has 8 heterocycles. The third-order valence-corrected chi connectivity index (χ3v) is 25.6. The first kappa shape index (κ1) is 73.5. The SMILES string of the molecule is CN1CCN(CCCN2c3ccccc3Sc3ccc(Cl)cc32)CC1.CN1CCN(CCCN2c3ccccc3Sc3ccc(Cl)cc32)CC1.CN1CCN(CCCN2c3ccccc3Sc3ccc(Cl)cc32)CC1.CN1CCN(CCCN2c3ccccc3Sc3ccc(Cl)cc32)CC1. The van der Waals surface area contributed by atoms with E-state index >= 15 is 0 Å². The van der Waals surface area contributed by atoms with Crippen LogP contribution < -0.4 is 19.6 Å². The molecule has 0 bridgehead atoms. The predicted molar refractivity (Wildman–Crippen MR) is 430 cm³/mol. The second-order valence-corrected chi connectivity index (χ2v) is 33.4. The van der Waals surface area contributed by atoms with Crippen LogP contribution in [0.1, 0.15) is 25.7 Å². The summed E-state index contributed by atoms with van der Waals surface area (Å²) in [6, 6.07) is 59.7. The average Bonchev–Trinajstić information content (AvgIpc) is 0.796. The van der Waals surface area contributed by atoms with Gasteiger partial charge in [0.05, 0.1) is 45.5 Å². The molecule has 0 amide bonds. The molecule has 8 aromatic rings. The van der Waals surface area contributed by atoms with E-state index in [1.807, 2.05) is 71.3 Å². The molecule has 0 saturated carbocycles. The number of likely N-dealkylation sites (N-methyl/N-ethyl adjacent to an activating group) is 4. The molecular weight excluding hydrogens is 1400 g/mol. The molecule has 4 fully saturated rings. The molecule has 100 heavy (non-hydrogen) atoms. The Hall–Kier alpha value is -4.80. The van der Waals surface area contributed by atoms with Crippen LogP contribution >= 0.6 is 93.5 Å². The zero-order chi connectivity index (χ0) is 68.9. The normalized spacial score (nSPS) is 18.1. The van der Waals surface area contributed by atoms with E-state index < -0.39 is 0 Å². The zero-order valence-corrected chi connectivity index (χ0v) is 64.8. The second-order valence-electron chi connectivity index (χ2n) is 27.3. The molecule has 8 aliphatic rings. The Morgan fingerprint density at radius 1 is 0.230 bits per heavy atom. The molecule has 20 heteroatoms. The van der Waals surface area contributed by atoms with E-state index in [2.05, 4.69) is 233 Å². The van der Waals surface area contributed by atoms with Crippen LogP contribution in [0.4, 0.5) is 45.5 Å². The Kier molecular flexibility index (Phi) is 26.3. The van der Waals surface area contributed by atoms with E-state index in [4.69, 9.17) is 46.4 Å². The first-order valence-corrected chi connectivity index (χ1v) is 40.6. The molecular formula is C80H96Cl4N12S4. The Balaban J connectivity index is 0.000000119. The number of rotatable bonds is 16. The van der Waals surface area contributed by atoms with Gasteiger partial charge >= 0.3 is 0 Å². The van der Waals surface area contributed by atoms with Crippen LogP contribution in [0.25, 0.3) is 0 Å².